The number of benzene rings is 6. The molecule has 2 aliphatic rings. The first-order valence-corrected chi connectivity index (χ1v) is 25.5. The largest absolute Gasteiger partial charge is 0.350 e. The number of thioether (sulfide) groups is 2. The first-order valence-electron chi connectivity index (χ1n) is 20.5. The van der Waals surface area contributed by atoms with E-state index < -0.39 is 48.3 Å². The van der Waals surface area contributed by atoms with Crippen LogP contribution >= 0.6 is 23.5 Å². The maximum Gasteiger partial charge on any atom is 0.249 e. The highest BCUT2D eigenvalue weighted by atomic mass is 32.2. The molecule has 2 aliphatic heterocycles. The van der Waals surface area contributed by atoms with Gasteiger partial charge < -0.3 is 10.6 Å². The highest BCUT2D eigenvalue weighted by molar-refractivity contribution is 8.02. The molecule has 0 radical (unpaired) electrons. The van der Waals surface area contributed by atoms with Gasteiger partial charge in [-0.2, -0.15) is 8.61 Å². The topological polar surface area (TPSA) is 133 Å². The molecule has 2 saturated heterocycles. The van der Waals surface area contributed by atoms with E-state index in [0.717, 1.165) is 44.6 Å². The number of sulfonamides is 2. The third-order valence-electron chi connectivity index (χ3n) is 10.7. The summed E-state index contributed by atoms with van der Waals surface area (Å²) in [6.07, 6.45) is 0.723. The standard InChI is InChI=1S/C25H26N2O3S2.C23H20F2N2O3S2/c1-2-23(21-11-7-4-8-12-21)26-24(28)25-27(17-18-31-25)32(29,30)22-15-13-20(14-16-22)19-9-5-3-6-10-19;24-20-8-4-7-18(21(20)25)15-26-22(28)23-27(13-14-31-23)32(29,30)19-11-9-17(10-12-19)16-5-2-1-3-6-16/h3-16,23,25H,2,17-18H2,1H3,(H,26,28);1-12,23H,13-15H2,(H,26,28). The van der Waals surface area contributed by atoms with Crippen molar-refractivity contribution in [3.63, 3.8) is 0 Å². The van der Waals surface area contributed by atoms with E-state index in [0.29, 0.717) is 18.1 Å². The maximum absolute atomic E-state index is 13.8. The van der Waals surface area contributed by atoms with Crippen LogP contribution in [0.5, 0.6) is 0 Å². The molecule has 6 aromatic rings. The minimum Gasteiger partial charge on any atom is -0.350 e. The lowest BCUT2D eigenvalue weighted by atomic mass is 10.0. The van der Waals surface area contributed by atoms with Crippen molar-refractivity contribution in [2.75, 3.05) is 24.6 Å². The summed E-state index contributed by atoms with van der Waals surface area (Å²) in [7, 11) is -7.70. The van der Waals surface area contributed by atoms with E-state index in [4.69, 9.17) is 0 Å². The first kappa shape index (κ1) is 46.6. The molecule has 2 fully saturated rings. The second kappa shape index (κ2) is 21.1. The van der Waals surface area contributed by atoms with Crippen molar-refractivity contribution in [3.8, 4) is 22.3 Å². The van der Waals surface area contributed by atoms with Gasteiger partial charge in [-0.1, -0.05) is 134 Å². The van der Waals surface area contributed by atoms with Gasteiger partial charge in [0.1, 0.15) is 10.7 Å². The molecule has 2 heterocycles. The predicted molar refractivity (Wildman–Crippen MR) is 250 cm³/mol. The van der Waals surface area contributed by atoms with Crippen LogP contribution in [0.4, 0.5) is 8.78 Å². The van der Waals surface area contributed by atoms with Gasteiger partial charge >= 0.3 is 0 Å². The number of hydrogen-bond acceptors (Lipinski definition) is 8. The quantitative estimate of drug-likeness (QED) is 0.118. The smallest absolute Gasteiger partial charge is 0.249 e. The van der Waals surface area contributed by atoms with Crippen LogP contribution in [0.3, 0.4) is 0 Å². The van der Waals surface area contributed by atoms with E-state index in [1.807, 2.05) is 110 Å². The van der Waals surface area contributed by atoms with E-state index in [1.165, 1.54) is 52.1 Å². The van der Waals surface area contributed by atoms with Gasteiger partial charge in [0, 0.05) is 36.7 Å². The van der Waals surface area contributed by atoms with Gasteiger partial charge in [0.05, 0.1) is 15.8 Å². The zero-order chi connectivity index (χ0) is 45.3. The lowest BCUT2D eigenvalue weighted by molar-refractivity contribution is -0.123. The van der Waals surface area contributed by atoms with Gasteiger partial charge in [-0.05, 0) is 64.6 Å². The molecule has 0 spiro atoms. The summed E-state index contributed by atoms with van der Waals surface area (Å²) in [5.41, 5.74) is 4.83. The van der Waals surface area contributed by atoms with Crippen LogP contribution < -0.4 is 10.6 Å². The number of hydrogen-bond donors (Lipinski definition) is 2. The van der Waals surface area contributed by atoms with E-state index in [-0.39, 0.29) is 40.4 Å². The Morgan fingerprint density at radius 1 is 0.594 bits per heavy atom. The van der Waals surface area contributed by atoms with Crippen LogP contribution in [0.1, 0.15) is 30.5 Å². The Bertz CT molecular complexity index is 2760. The number of nitrogens with one attached hydrogen (secondary N) is 2. The highest BCUT2D eigenvalue weighted by Gasteiger charge is 2.42. The average Bonchev–Trinajstić information content (AvgIpc) is 4.05. The molecule has 0 aromatic heterocycles. The molecule has 0 aliphatic carbocycles. The molecule has 3 atom stereocenters. The molecule has 3 unspecified atom stereocenters. The minimum absolute atomic E-state index is 0.00717. The summed E-state index contributed by atoms with van der Waals surface area (Å²) >= 11 is 2.55. The second-order valence-electron chi connectivity index (χ2n) is 14.8. The Labute approximate surface area is 381 Å². The van der Waals surface area contributed by atoms with Crippen molar-refractivity contribution >= 4 is 55.4 Å². The van der Waals surface area contributed by atoms with Crippen molar-refractivity contribution in [2.45, 2.75) is 46.5 Å². The van der Waals surface area contributed by atoms with Crippen molar-refractivity contribution in [3.05, 3.63) is 180 Å². The van der Waals surface area contributed by atoms with Crippen LogP contribution in [-0.4, -0.2) is 72.6 Å². The first-order chi connectivity index (χ1) is 30.9. The number of carbonyl (C=O) groups excluding carboxylic acids is 2. The third kappa shape index (κ3) is 10.8. The van der Waals surface area contributed by atoms with Gasteiger partial charge in [0.15, 0.2) is 11.6 Å². The van der Waals surface area contributed by atoms with Crippen LogP contribution in [0.15, 0.2) is 168 Å². The Morgan fingerprint density at radius 2 is 1.03 bits per heavy atom. The molecule has 2 N–H and O–H groups in total. The normalized spacial score (nSPS) is 17.2. The molecular weight excluding hydrogens is 895 g/mol. The Kier molecular flexibility index (Phi) is 15.4. The number of amides is 2. The Hall–Kier alpha value is -5.36. The lowest BCUT2D eigenvalue weighted by Gasteiger charge is -2.25. The average molecular weight is 941 g/mol. The summed E-state index contributed by atoms with van der Waals surface area (Å²) in [4.78, 5) is 26.1. The zero-order valence-electron chi connectivity index (χ0n) is 34.7. The summed E-state index contributed by atoms with van der Waals surface area (Å²) < 4.78 is 82.8. The van der Waals surface area contributed by atoms with Crippen LogP contribution in [0.2, 0.25) is 0 Å². The van der Waals surface area contributed by atoms with Crippen LogP contribution in [0, 0.1) is 11.6 Å². The number of nitrogens with zero attached hydrogens (tertiary/aromatic N) is 2. The Balaban J connectivity index is 0.000000191. The molecule has 0 saturated carbocycles. The van der Waals surface area contributed by atoms with Gasteiger partial charge in [0.25, 0.3) is 0 Å². The molecule has 2 amide bonds. The van der Waals surface area contributed by atoms with E-state index in [1.54, 1.807) is 24.3 Å². The fourth-order valence-corrected chi connectivity index (χ4v) is 13.5. The van der Waals surface area contributed by atoms with Crippen LogP contribution in [-0.2, 0) is 36.2 Å². The molecular formula is C48H46F2N4O6S4. The molecule has 6 aromatic carbocycles. The third-order valence-corrected chi connectivity index (χ3v) is 17.1. The second-order valence-corrected chi connectivity index (χ2v) is 20.9. The van der Waals surface area contributed by atoms with Gasteiger partial charge in [-0.25, -0.2) is 25.6 Å². The molecule has 8 rings (SSSR count). The van der Waals surface area contributed by atoms with Crippen molar-refractivity contribution in [2.24, 2.45) is 0 Å². The van der Waals surface area contributed by atoms with E-state index in [2.05, 4.69) is 10.6 Å². The lowest BCUT2D eigenvalue weighted by Crippen LogP contribution is -2.45. The van der Waals surface area contributed by atoms with E-state index in [9.17, 15) is 35.2 Å². The van der Waals surface area contributed by atoms with Gasteiger partial charge in [0.2, 0.25) is 31.9 Å². The van der Waals surface area contributed by atoms with Crippen molar-refractivity contribution in [1.29, 1.82) is 0 Å². The molecule has 64 heavy (non-hydrogen) atoms. The zero-order valence-corrected chi connectivity index (χ0v) is 38.0. The fourth-order valence-electron chi connectivity index (χ4n) is 7.29. The SMILES string of the molecule is CCC(NC(=O)C1SCCN1S(=O)(=O)c1ccc(-c2ccccc2)cc1)c1ccccc1.O=C(NCc1cccc(F)c1F)C1SCCN1S(=O)(=O)c1ccc(-c2ccccc2)cc1. The maximum atomic E-state index is 13.8. The van der Waals surface area contributed by atoms with E-state index >= 15 is 0 Å². The fraction of sp³-hybridized carbons (Fsp3) is 0.208. The number of halogens is 2. The van der Waals surface area contributed by atoms with Gasteiger partial charge in [-0.3, -0.25) is 9.59 Å². The molecule has 0 bridgehead atoms. The monoisotopic (exact) mass is 940 g/mol. The number of carbonyl (C=O) groups is 2. The molecule has 16 heteroatoms. The van der Waals surface area contributed by atoms with Crippen molar-refractivity contribution in [1.82, 2.24) is 19.2 Å². The number of rotatable bonds is 13. The minimum atomic E-state index is -3.91. The summed E-state index contributed by atoms with van der Waals surface area (Å²) in [6, 6.07) is 46.0. The highest BCUT2D eigenvalue weighted by Crippen LogP contribution is 2.33. The van der Waals surface area contributed by atoms with Crippen molar-refractivity contribution < 1.29 is 35.2 Å². The summed E-state index contributed by atoms with van der Waals surface area (Å²) in [5.74, 6) is -1.84. The summed E-state index contributed by atoms with van der Waals surface area (Å²) in [6.45, 7) is 2.26. The summed E-state index contributed by atoms with van der Waals surface area (Å²) in [5, 5.41) is 3.81. The molecule has 332 valence electrons. The molecule has 10 nitrogen and oxygen atoms in total. The van der Waals surface area contributed by atoms with Gasteiger partial charge in [-0.15, -0.1) is 23.5 Å². The Morgan fingerprint density at radius 3 is 1.50 bits per heavy atom. The van der Waals surface area contributed by atoms with Crippen LogP contribution in [0.25, 0.3) is 22.3 Å². The predicted octanol–water partition coefficient (Wildman–Crippen LogP) is 8.70.